The minimum absolute atomic E-state index is 0.0657. The molecule has 1 saturated heterocycles. The van der Waals surface area contributed by atoms with Crippen LogP contribution in [0.3, 0.4) is 0 Å². The van der Waals surface area contributed by atoms with Crippen LogP contribution < -0.4 is 57.2 Å². The maximum Gasteiger partial charge on any atom is 0.338 e. The zero-order valence-corrected chi connectivity index (χ0v) is 58.7. The molecule has 30 nitrogen and oxygen atoms in total. The maximum absolute atomic E-state index is 16.0. The van der Waals surface area contributed by atoms with Gasteiger partial charge in [-0.2, -0.15) is 5.06 Å². The fraction of sp³-hybridized carbons (Fsp3) is 0.311. The van der Waals surface area contributed by atoms with Crippen LogP contribution in [0.15, 0.2) is 133 Å². The monoisotopic (exact) mass is 1500 g/mol. The fourth-order valence-electron chi connectivity index (χ4n) is 12.8. The Balaban J connectivity index is 1.05. The van der Waals surface area contributed by atoms with E-state index in [1.54, 1.807) is 12.1 Å². The number of esters is 1. The quantitative estimate of drug-likeness (QED) is 0.0369. The number of halogens is 2. The lowest BCUT2D eigenvalue weighted by atomic mass is 9.89. The molecule has 1 unspecified atom stereocenters. The number of aromatic hydroxyl groups is 3. The normalized spacial score (nSPS) is 22.0. The molecule has 6 aliphatic rings. The predicted molar refractivity (Wildman–Crippen MR) is 378 cm³/mol. The number of carboxylic acids is 1. The summed E-state index contributed by atoms with van der Waals surface area (Å²) in [6.45, 7) is 3.33. The van der Waals surface area contributed by atoms with E-state index in [0.717, 1.165) is 47.5 Å². The highest BCUT2D eigenvalue weighted by atomic mass is 35.5. The molecule has 15 N–H and O–H groups in total. The number of nitrogens with one attached hydrogen (secondary N) is 7. The molecule has 7 amide bonds. The van der Waals surface area contributed by atoms with Gasteiger partial charge in [-0.05, 0) is 119 Å². The highest BCUT2D eigenvalue weighted by Gasteiger charge is 2.43. The van der Waals surface area contributed by atoms with Crippen molar-refractivity contribution in [3.63, 3.8) is 0 Å². The summed E-state index contributed by atoms with van der Waals surface area (Å²) < 4.78 is 32.1. The number of aliphatic carboxylic acids is 1. The standard InChI is InChI=1S/C74H75Cl2N9O21/c1-34(2)24-48(78-3)67(92)83-62-64(90)39-15-18-52(46(75)26-39)105-54-28-41-29-55(66(54)103-23-21-85(101-4)57-32-43(20-22-102-57)104-74(100)37-12-10-36(11-13-37)35-8-6-5-7-9-35)106-53-19-16-40(27-47(53)76)65(91)63-72(97)82-61(73(98)99)45-30-42(86)31-51(88)58(45)44-25-38(14-17-50(44)87)59(69(94)84-63)81-70(95)60(41)80-68(93)49(33-56(77)89)79-71(62)96/h5-19,25-31,34,43,48-49,57,59-65,78,86-88,90-91H,20-24,32-33H2,1-4H3,(H2,77,89)(H,79,96)(H,80,93)(H,81,95)(H,82,97)(H,83,92)(H,84,94)(H,98,99)/t43?,48-,49+,57-,59-,60-,61+,62-,63+,64-,65-/m1/s1. The Morgan fingerprint density at radius 1 is 0.679 bits per heavy atom. The van der Waals surface area contributed by atoms with Gasteiger partial charge < -0.3 is 97.3 Å². The van der Waals surface area contributed by atoms with Crippen molar-refractivity contribution in [2.24, 2.45) is 11.7 Å². The number of ether oxygens (including phenoxy) is 5. The molecule has 1 fully saturated rings. The average Bonchev–Trinajstić information content (AvgIpc) is 0.763. The number of likely N-dealkylation sites (N-methyl/N-ethyl adjacent to an activating group) is 1. The minimum Gasteiger partial charge on any atom is -0.508 e. The number of hydrogen-bond acceptors (Lipinski definition) is 22. The summed E-state index contributed by atoms with van der Waals surface area (Å²) in [4.78, 5) is 136. The molecule has 0 aliphatic carbocycles. The van der Waals surface area contributed by atoms with E-state index in [9.17, 15) is 59.4 Å². The van der Waals surface area contributed by atoms with Crippen LogP contribution in [0, 0.1) is 5.92 Å². The number of primary amides is 1. The molecule has 0 aromatic heterocycles. The van der Waals surface area contributed by atoms with Crippen molar-refractivity contribution >= 4 is 76.5 Å². The van der Waals surface area contributed by atoms with Crippen LogP contribution in [0.25, 0.3) is 22.3 Å². The molecule has 7 aromatic carbocycles. The van der Waals surface area contributed by atoms with Gasteiger partial charge in [-0.3, -0.25) is 38.4 Å². The van der Waals surface area contributed by atoms with Gasteiger partial charge in [0.2, 0.25) is 47.1 Å². The van der Waals surface area contributed by atoms with Gasteiger partial charge in [-0.15, -0.1) is 0 Å². The van der Waals surface area contributed by atoms with Gasteiger partial charge in [-0.25, -0.2) is 9.59 Å². The summed E-state index contributed by atoms with van der Waals surface area (Å²) in [6.07, 6.45) is -5.95. The Morgan fingerprint density at radius 3 is 1.92 bits per heavy atom. The number of aliphatic hydroxyl groups is 2. The number of rotatable bonds is 17. The lowest BCUT2D eigenvalue weighted by Gasteiger charge is -2.35. The van der Waals surface area contributed by atoms with Crippen LogP contribution in [0.5, 0.6) is 46.0 Å². The first-order valence-electron chi connectivity index (χ1n) is 33.5. The summed E-state index contributed by atoms with van der Waals surface area (Å²) in [5, 5.41) is 87.6. The number of carboxylic acid groups (broad SMARTS) is 1. The summed E-state index contributed by atoms with van der Waals surface area (Å²) in [5.74, 6) is -14.8. The number of fused-ring (bicyclic) bond motifs is 15. The zero-order valence-electron chi connectivity index (χ0n) is 57.2. The topological polar surface area (TPSA) is 444 Å². The molecule has 0 saturated carbocycles. The Labute approximate surface area is 615 Å². The van der Waals surface area contributed by atoms with Crippen molar-refractivity contribution < 1.29 is 102 Å². The first-order chi connectivity index (χ1) is 50.7. The number of benzene rings is 7. The summed E-state index contributed by atoms with van der Waals surface area (Å²) >= 11 is 14.2. The molecule has 556 valence electrons. The maximum atomic E-state index is 16.0. The SMILES string of the molecule is CN[C@H](CC(C)C)C(=O)N[C@H]1C(=O)N[C@@H](CC(N)=O)C(=O)N[C@H]2C(=O)N[C@H]3C(=O)N[C@H](C(=O)N[C@H](C(=O)O)c4cc(O)cc(O)c4-c4cc3ccc4O)[C@H](O)c3ccc(c(Cl)c3)Oc3cc2cc(c3OCCN(OC)[C@H]2CC(OC(=O)c3ccc(-c4ccccc4)cc3)CCO2)Oc2ccc(cc2Cl)[C@H]1O. The first-order valence-corrected chi connectivity index (χ1v) is 34.2. The van der Waals surface area contributed by atoms with E-state index in [1.165, 1.54) is 61.7 Å². The molecule has 6 aliphatic heterocycles. The Kier molecular flexibility index (Phi) is 23.6. The predicted octanol–water partition coefficient (Wildman–Crippen LogP) is 5.96. The number of hydroxylamine groups is 2. The van der Waals surface area contributed by atoms with E-state index in [1.807, 2.05) is 56.3 Å². The molecule has 106 heavy (non-hydrogen) atoms. The van der Waals surface area contributed by atoms with Crippen LogP contribution in [-0.4, -0.2) is 159 Å². The fourth-order valence-corrected chi connectivity index (χ4v) is 13.2. The van der Waals surface area contributed by atoms with Gasteiger partial charge in [-0.1, -0.05) is 97.7 Å². The lowest BCUT2D eigenvalue weighted by Crippen LogP contribution is -2.59. The number of amides is 7. The molecule has 11 bridgehead atoms. The zero-order chi connectivity index (χ0) is 75.9. The third kappa shape index (κ3) is 17.2. The summed E-state index contributed by atoms with van der Waals surface area (Å²) in [6, 6.07) is 17.5. The minimum atomic E-state index is -2.23. The number of phenols is 3. The number of carbonyl (C=O) groups excluding carboxylic acids is 8. The molecule has 0 radical (unpaired) electrons. The number of carbonyl (C=O) groups is 9. The Bertz CT molecular complexity index is 4550. The number of aliphatic hydroxyl groups excluding tert-OH is 2. The van der Waals surface area contributed by atoms with Crippen molar-refractivity contribution in [3.05, 3.63) is 177 Å². The average molecular weight is 1500 g/mol. The van der Waals surface area contributed by atoms with E-state index in [0.29, 0.717) is 12.0 Å². The van der Waals surface area contributed by atoms with E-state index in [-0.39, 0.29) is 99.6 Å². The van der Waals surface area contributed by atoms with E-state index < -0.39 is 160 Å². The second kappa shape index (κ2) is 32.9. The van der Waals surface area contributed by atoms with Crippen molar-refractivity contribution in [3.8, 4) is 68.2 Å². The smallest absolute Gasteiger partial charge is 0.338 e. The molecule has 7 aromatic rings. The van der Waals surface area contributed by atoms with E-state index in [2.05, 4.69) is 37.2 Å². The third-order valence-corrected chi connectivity index (χ3v) is 18.7. The molecule has 13 rings (SSSR count). The van der Waals surface area contributed by atoms with Gasteiger partial charge in [0, 0.05) is 35.6 Å². The highest BCUT2D eigenvalue weighted by Crippen LogP contribution is 2.49. The van der Waals surface area contributed by atoms with Gasteiger partial charge in [0.25, 0.3) is 0 Å². The van der Waals surface area contributed by atoms with Gasteiger partial charge in [0.1, 0.15) is 90.1 Å². The second-order valence-corrected chi connectivity index (χ2v) is 26.7. The van der Waals surface area contributed by atoms with Crippen molar-refractivity contribution in [1.29, 1.82) is 0 Å². The number of nitrogens with two attached hydrogens (primary N) is 1. The second-order valence-electron chi connectivity index (χ2n) is 25.9. The molecule has 11 atom stereocenters. The molecule has 0 spiro atoms. The van der Waals surface area contributed by atoms with E-state index in [4.69, 9.17) is 57.5 Å². The highest BCUT2D eigenvalue weighted by molar-refractivity contribution is 6.32. The van der Waals surface area contributed by atoms with E-state index >= 15 is 14.4 Å². The van der Waals surface area contributed by atoms with Gasteiger partial charge in [0.05, 0.1) is 48.3 Å². The largest absolute Gasteiger partial charge is 0.508 e. The van der Waals surface area contributed by atoms with Crippen LogP contribution in [0.4, 0.5) is 0 Å². The summed E-state index contributed by atoms with van der Waals surface area (Å²) in [7, 11) is 2.87. The van der Waals surface area contributed by atoms with Crippen LogP contribution in [-0.2, 0) is 52.7 Å². The molecular weight excluding hydrogens is 1420 g/mol. The van der Waals surface area contributed by atoms with Crippen LogP contribution in [0.2, 0.25) is 10.0 Å². The first kappa shape index (κ1) is 76.1. The van der Waals surface area contributed by atoms with Gasteiger partial charge >= 0.3 is 11.9 Å². The Hall–Kier alpha value is -11.1. The van der Waals surface area contributed by atoms with Crippen molar-refractivity contribution in [2.45, 2.75) is 106 Å². The van der Waals surface area contributed by atoms with Crippen LogP contribution >= 0.6 is 23.2 Å². The lowest BCUT2D eigenvalue weighted by molar-refractivity contribution is -0.258. The van der Waals surface area contributed by atoms with Gasteiger partial charge in [0.15, 0.2) is 17.5 Å². The third-order valence-electron chi connectivity index (χ3n) is 18.1. The van der Waals surface area contributed by atoms with Crippen molar-refractivity contribution in [1.82, 2.24) is 42.3 Å². The van der Waals surface area contributed by atoms with Crippen molar-refractivity contribution in [2.75, 3.05) is 33.9 Å². The van der Waals surface area contributed by atoms with Crippen LogP contribution in [0.1, 0.15) is 108 Å². The number of hydrogen-bond donors (Lipinski definition) is 14. The Morgan fingerprint density at radius 2 is 1.30 bits per heavy atom. The number of nitrogens with zero attached hydrogens (tertiary/aromatic N) is 1. The number of phenolic OH excluding ortho intramolecular Hbond substituents is 3. The molecular formula is C74H75Cl2N9O21. The molecule has 6 heterocycles. The molecule has 32 heteroatoms. The summed E-state index contributed by atoms with van der Waals surface area (Å²) in [5.41, 5.74) is 5.58.